The van der Waals surface area contributed by atoms with Crippen LogP contribution < -0.4 is 10.6 Å². The van der Waals surface area contributed by atoms with E-state index in [4.69, 9.17) is 0 Å². The normalized spacial score (nSPS) is 21.0. The summed E-state index contributed by atoms with van der Waals surface area (Å²) in [7, 11) is 3.82. The second-order valence-electron chi connectivity index (χ2n) is 10.3. The number of nitrogens with zero attached hydrogens (tertiary/aromatic N) is 3. The average Bonchev–Trinajstić information content (AvgIpc) is 3.33. The second kappa shape index (κ2) is 8.56. The molecule has 2 N–H and O–H groups in total. The van der Waals surface area contributed by atoms with Gasteiger partial charge in [0, 0.05) is 31.6 Å². The number of carbonyl (C=O) groups excluding carboxylic acids is 2. The SMILES string of the molecule is CNCC1CC2(C1)CN(CC(=O)NC(C)(C)C)C2.Cn1nc(C2CC2)cc1C=O. The minimum atomic E-state index is -0.117. The van der Waals surface area contributed by atoms with Crippen LogP contribution in [0.3, 0.4) is 0 Å². The van der Waals surface area contributed by atoms with Gasteiger partial charge >= 0.3 is 0 Å². The van der Waals surface area contributed by atoms with Gasteiger partial charge in [0.2, 0.25) is 5.91 Å². The average molecular weight is 404 g/mol. The van der Waals surface area contributed by atoms with Crippen molar-refractivity contribution < 1.29 is 9.59 Å². The van der Waals surface area contributed by atoms with E-state index in [9.17, 15) is 9.59 Å². The Morgan fingerprint density at radius 2 is 1.97 bits per heavy atom. The molecule has 29 heavy (non-hydrogen) atoms. The van der Waals surface area contributed by atoms with Crippen molar-refractivity contribution in [2.45, 2.75) is 57.9 Å². The first kappa shape index (κ1) is 22.0. The Morgan fingerprint density at radius 3 is 2.45 bits per heavy atom. The zero-order chi connectivity index (χ0) is 21.2. The highest BCUT2D eigenvalue weighted by Gasteiger charge is 2.51. The molecule has 2 saturated carbocycles. The Balaban J connectivity index is 0.000000186. The van der Waals surface area contributed by atoms with Crippen LogP contribution >= 0.6 is 0 Å². The molecule has 0 unspecified atom stereocenters. The maximum atomic E-state index is 11.8. The van der Waals surface area contributed by atoms with Gasteiger partial charge in [0.15, 0.2) is 6.29 Å². The third-order valence-electron chi connectivity index (χ3n) is 5.99. The van der Waals surface area contributed by atoms with Crippen LogP contribution in [0.15, 0.2) is 6.07 Å². The standard InChI is InChI=1S/C14H27N3O.C8H10N2O/c1-13(2,3)16-12(18)8-17-9-14(10-17)5-11(6-14)7-15-4;1-10-7(5-11)4-8(9-10)6-2-3-6/h11,15H,5-10H2,1-4H3,(H,16,18);4-6H,2-3H2,1H3. The minimum Gasteiger partial charge on any atom is -0.350 e. The predicted molar refractivity (Wildman–Crippen MR) is 114 cm³/mol. The molecule has 0 aromatic carbocycles. The number of amides is 1. The molecule has 2 aliphatic carbocycles. The lowest BCUT2D eigenvalue weighted by Crippen LogP contribution is -2.64. The van der Waals surface area contributed by atoms with Gasteiger partial charge in [-0.15, -0.1) is 0 Å². The summed E-state index contributed by atoms with van der Waals surface area (Å²) in [5, 5.41) is 10.5. The molecular weight excluding hydrogens is 366 g/mol. The molecule has 1 amide bonds. The molecular formula is C22H37N5O2. The Labute approximate surface area is 174 Å². The predicted octanol–water partition coefficient (Wildman–Crippen LogP) is 1.94. The molecule has 3 aliphatic rings. The lowest BCUT2D eigenvalue weighted by Gasteiger charge is -2.59. The highest BCUT2D eigenvalue weighted by atomic mass is 16.2. The second-order valence-corrected chi connectivity index (χ2v) is 10.3. The third kappa shape index (κ3) is 5.89. The Kier molecular flexibility index (Phi) is 6.48. The van der Waals surface area contributed by atoms with Crippen molar-refractivity contribution in [1.29, 1.82) is 0 Å². The van der Waals surface area contributed by atoms with E-state index in [1.54, 1.807) is 11.7 Å². The number of hydrogen-bond donors (Lipinski definition) is 2. The van der Waals surface area contributed by atoms with Crippen LogP contribution in [0.25, 0.3) is 0 Å². The number of aromatic nitrogens is 2. The molecule has 7 nitrogen and oxygen atoms in total. The highest BCUT2D eigenvalue weighted by Crippen LogP contribution is 2.51. The Hall–Kier alpha value is -1.73. The van der Waals surface area contributed by atoms with Gasteiger partial charge in [-0.3, -0.25) is 19.2 Å². The van der Waals surface area contributed by atoms with Crippen LogP contribution in [-0.4, -0.2) is 65.6 Å². The fraction of sp³-hybridized carbons (Fsp3) is 0.773. The summed E-state index contributed by atoms with van der Waals surface area (Å²) < 4.78 is 1.64. The number of likely N-dealkylation sites (tertiary alicyclic amines) is 1. The topological polar surface area (TPSA) is 79.3 Å². The third-order valence-corrected chi connectivity index (χ3v) is 5.99. The smallest absolute Gasteiger partial charge is 0.234 e. The Morgan fingerprint density at radius 1 is 1.31 bits per heavy atom. The summed E-state index contributed by atoms with van der Waals surface area (Å²) in [4.78, 5) is 24.5. The molecule has 0 bridgehead atoms. The largest absolute Gasteiger partial charge is 0.350 e. The van der Waals surface area contributed by atoms with Gasteiger partial charge in [0.25, 0.3) is 0 Å². The van der Waals surface area contributed by atoms with Crippen molar-refractivity contribution in [1.82, 2.24) is 25.3 Å². The number of nitrogens with one attached hydrogen (secondary N) is 2. The zero-order valence-electron chi connectivity index (χ0n) is 18.6. The quantitative estimate of drug-likeness (QED) is 0.710. The fourth-order valence-electron chi connectivity index (χ4n) is 4.72. The summed E-state index contributed by atoms with van der Waals surface area (Å²) in [6, 6.07) is 1.88. The number of aldehydes is 1. The van der Waals surface area contributed by atoms with Gasteiger partial charge in [0.05, 0.1) is 12.2 Å². The van der Waals surface area contributed by atoms with Crippen molar-refractivity contribution >= 4 is 12.2 Å². The number of aryl methyl sites for hydroxylation is 1. The summed E-state index contributed by atoms with van der Waals surface area (Å²) >= 11 is 0. The van der Waals surface area contributed by atoms with Gasteiger partial charge in [-0.2, -0.15) is 5.10 Å². The zero-order valence-corrected chi connectivity index (χ0v) is 18.6. The van der Waals surface area contributed by atoms with Gasteiger partial charge in [0.1, 0.15) is 5.69 Å². The number of rotatable bonds is 6. The maximum absolute atomic E-state index is 11.8. The highest BCUT2D eigenvalue weighted by molar-refractivity contribution is 5.78. The van der Waals surface area contributed by atoms with Crippen molar-refractivity contribution in [3.05, 3.63) is 17.5 Å². The molecule has 0 atom stereocenters. The van der Waals surface area contributed by atoms with E-state index >= 15 is 0 Å². The van der Waals surface area contributed by atoms with Gasteiger partial charge < -0.3 is 10.6 Å². The molecule has 3 fully saturated rings. The van der Waals surface area contributed by atoms with Gasteiger partial charge in [-0.1, -0.05) is 0 Å². The van der Waals surface area contributed by atoms with Crippen molar-refractivity contribution in [2.75, 3.05) is 33.2 Å². The molecule has 0 radical (unpaired) electrons. The van der Waals surface area contributed by atoms with Crippen LogP contribution in [0.2, 0.25) is 0 Å². The first-order valence-electron chi connectivity index (χ1n) is 10.8. The minimum absolute atomic E-state index is 0.117. The van der Waals surface area contributed by atoms with Crippen molar-refractivity contribution in [2.24, 2.45) is 18.4 Å². The Bertz CT molecular complexity index is 718. The van der Waals surface area contributed by atoms with E-state index in [1.807, 2.05) is 33.9 Å². The summed E-state index contributed by atoms with van der Waals surface area (Å²) in [5.41, 5.74) is 2.19. The summed E-state index contributed by atoms with van der Waals surface area (Å²) in [6.45, 7) is 10.0. The number of hydrogen-bond acceptors (Lipinski definition) is 5. The van der Waals surface area contributed by atoms with E-state index in [-0.39, 0.29) is 11.4 Å². The van der Waals surface area contributed by atoms with E-state index in [1.165, 1.54) is 25.7 Å². The first-order chi connectivity index (χ1) is 13.6. The van der Waals surface area contributed by atoms with E-state index in [0.29, 0.717) is 23.6 Å². The van der Waals surface area contributed by atoms with E-state index in [0.717, 1.165) is 37.5 Å². The monoisotopic (exact) mass is 403 g/mol. The molecule has 4 rings (SSSR count). The number of carbonyl (C=O) groups is 2. The molecule has 1 aromatic rings. The van der Waals surface area contributed by atoms with Crippen LogP contribution in [0.1, 0.15) is 68.6 Å². The van der Waals surface area contributed by atoms with Crippen molar-refractivity contribution in [3.63, 3.8) is 0 Å². The molecule has 1 spiro atoms. The van der Waals surface area contributed by atoms with E-state index in [2.05, 4.69) is 20.6 Å². The molecule has 1 aromatic heterocycles. The van der Waals surface area contributed by atoms with Crippen LogP contribution in [0, 0.1) is 11.3 Å². The lowest BCUT2D eigenvalue weighted by molar-refractivity contribution is -0.133. The maximum Gasteiger partial charge on any atom is 0.234 e. The van der Waals surface area contributed by atoms with Gasteiger partial charge in [-0.25, -0.2) is 0 Å². The lowest BCUT2D eigenvalue weighted by atomic mass is 9.57. The molecule has 162 valence electrons. The summed E-state index contributed by atoms with van der Waals surface area (Å²) in [5.74, 6) is 1.65. The molecule has 1 saturated heterocycles. The van der Waals surface area contributed by atoms with Crippen LogP contribution in [0.5, 0.6) is 0 Å². The fourth-order valence-corrected chi connectivity index (χ4v) is 4.72. The molecule has 2 heterocycles. The van der Waals surface area contributed by atoms with Crippen LogP contribution in [0.4, 0.5) is 0 Å². The summed E-state index contributed by atoms with van der Waals surface area (Å²) in [6.07, 6.45) is 5.99. The van der Waals surface area contributed by atoms with Crippen molar-refractivity contribution in [3.8, 4) is 0 Å². The first-order valence-corrected chi connectivity index (χ1v) is 10.8. The molecule has 7 heteroatoms. The molecule has 1 aliphatic heterocycles. The van der Waals surface area contributed by atoms with Gasteiger partial charge in [-0.05, 0) is 77.4 Å². The van der Waals surface area contributed by atoms with E-state index < -0.39 is 0 Å². The van der Waals surface area contributed by atoms with Crippen LogP contribution in [-0.2, 0) is 11.8 Å².